The fourth-order valence-corrected chi connectivity index (χ4v) is 2.68. The molecule has 0 unspecified atom stereocenters. The van der Waals surface area contributed by atoms with Gasteiger partial charge in [0.2, 0.25) is 0 Å². The van der Waals surface area contributed by atoms with E-state index in [9.17, 15) is 4.79 Å². The van der Waals surface area contributed by atoms with Gasteiger partial charge in [-0.25, -0.2) is 0 Å². The van der Waals surface area contributed by atoms with Gasteiger partial charge in [-0.1, -0.05) is 6.07 Å². The van der Waals surface area contributed by atoms with Crippen molar-refractivity contribution in [3.8, 4) is 22.7 Å². The van der Waals surface area contributed by atoms with Crippen LogP contribution >= 0.6 is 0 Å². The van der Waals surface area contributed by atoms with Gasteiger partial charge >= 0.3 is 0 Å². The Balaban J connectivity index is 2.01. The number of aromatic amines is 1. The van der Waals surface area contributed by atoms with Crippen molar-refractivity contribution in [1.29, 1.82) is 0 Å². The summed E-state index contributed by atoms with van der Waals surface area (Å²) in [6.07, 6.45) is 3.44. The summed E-state index contributed by atoms with van der Waals surface area (Å²) < 4.78 is 6.60. The molecule has 0 spiro atoms. The van der Waals surface area contributed by atoms with Gasteiger partial charge in [0.1, 0.15) is 11.4 Å². The molecule has 6 nitrogen and oxygen atoms in total. The molecule has 0 saturated heterocycles. The van der Waals surface area contributed by atoms with Crippen LogP contribution in [0.2, 0.25) is 0 Å². The number of aryl methyl sites for hydroxylation is 1. The van der Waals surface area contributed by atoms with Gasteiger partial charge in [0.15, 0.2) is 0 Å². The molecule has 0 radical (unpaired) electrons. The van der Waals surface area contributed by atoms with Crippen LogP contribution in [0.25, 0.3) is 27.8 Å². The topological polar surface area (TPSA) is 72.8 Å². The highest BCUT2D eigenvalue weighted by Crippen LogP contribution is 2.26. The Bertz CT molecular complexity index is 1050. The number of benzene rings is 1. The molecule has 4 rings (SSSR count). The second kappa shape index (κ2) is 4.95. The maximum absolute atomic E-state index is 12.7. The average Bonchev–Trinajstić information content (AvgIpc) is 2.92. The SMILES string of the molecule is COc1cccc(-n2nc3c4cnc(C)cc4[nH]cc-3c2=O)c1. The molecule has 6 heteroatoms. The van der Waals surface area contributed by atoms with E-state index < -0.39 is 0 Å². The van der Waals surface area contributed by atoms with Crippen LogP contribution < -0.4 is 10.3 Å². The van der Waals surface area contributed by atoms with Crippen molar-refractivity contribution >= 4 is 10.9 Å². The van der Waals surface area contributed by atoms with Crippen LogP contribution in [0, 0.1) is 6.92 Å². The molecule has 114 valence electrons. The number of hydrogen-bond donors (Lipinski definition) is 1. The standard InChI is InChI=1S/C17H14N4O2/c1-10-6-15-13(8-18-10)16-14(9-19-15)17(22)21(20-16)11-4-3-5-12(7-11)23-2/h3-9,19H,1-2H3. The van der Waals surface area contributed by atoms with Crippen molar-refractivity contribution in [2.75, 3.05) is 7.11 Å². The first-order chi connectivity index (χ1) is 11.2. The Labute approximate surface area is 131 Å². The van der Waals surface area contributed by atoms with Crippen LogP contribution in [-0.4, -0.2) is 26.9 Å². The number of ether oxygens (including phenoxy) is 1. The Morgan fingerprint density at radius 2 is 2.13 bits per heavy atom. The maximum atomic E-state index is 12.7. The van der Waals surface area contributed by atoms with Gasteiger partial charge in [-0.2, -0.15) is 9.78 Å². The van der Waals surface area contributed by atoms with Crippen LogP contribution in [0.1, 0.15) is 5.69 Å². The lowest BCUT2D eigenvalue weighted by Gasteiger charge is -2.03. The summed E-state index contributed by atoms with van der Waals surface area (Å²) >= 11 is 0. The summed E-state index contributed by atoms with van der Waals surface area (Å²) in [5.41, 5.74) is 3.47. The number of methoxy groups -OCH3 is 1. The van der Waals surface area contributed by atoms with Crippen molar-refractivity contribution in [3.05, 3.63) is 58.8 Å². The van der Waals surface area contributed by atoms with E-state index in [1.54, 1.807) is 25.6 Å². The summed E-state index contributed by atoms with van der Waals surface area (Å²) in [5, 5.41) is 5.33. The van der Waals surface area contributed by atoms with E-state index in [-0.39, 0.29) is 5.56 Å². The van der Waals surface area contributed by atoms with Gasteiger partial charge < -0.3 is 9.72 Å². The van der Waals surface area contributed by atoms with Crippen LogP contribution in [0.15, 0.2) is 47.5 Å². The monoisotopic (exact) mass is 306 g/mol. The van der Waals surface area contributed by atoms with Crippen molar-refractivity contribution in [1.82, 2.24) is 19.7 Å². The van der Waals surface area contributed by atoms with Gasteiger partial charge in [-0.3, -0.25) is 9.78 Å². The predicted octanol–water partition coefficient (Wildman–Crippen LogP) is 2.53. The molecule has 0 saturated carbocycles. The van der Waals surface area contributed by atoms with E-state index in [0.717, 1.165) is 16.6 Å². The van der Waals surface area contributed by atoms with Gasteiger partial charge in [-0.05, 0) is 25.1 Å². The van der Waals surface area contributed by atoms with Gasteiger partial charge in [-0.15, -0.1) is 0 Å². The van der Waals surface area contributed by atoms with Crippen molar-refractivity contribution in [2.24, 2.45) is 0 Å². The van der Waals surface area contributed by atoms with Gasteiger partial charge in [0, 0.05) is 29.5 Å². The molecule has 0 fully saturated rings. The summed E-state index contributed by atoms with van der Waals surface area (Å²) in [4.78, 5) is 20.1. The lowest BCUT2D eigenvalue weighted by atomic mass is 10.1. The lowest BCUT2D eigenvalue weighted by Crippen LogP contribution is -2.14. The molecule has 2 aliphatic rings. The third-order valence-corrected chi connectivity index (χ3v) is 3.84. The molecule has 2 aliphatic heterocycles. The molecular weight excluding hydrogens is 292 g/mol. The highest BCUT2D eigenvalue weighted by atomic mass is 16.5. The van der Waals surface area contributed by atoms with E-state index in [1.807, 2.05) is 31.2 Å². The molecule has 1 aromatic carbocycles. The number of rotatable bonds is 2. The minimum Gasteiger partial charge on any atom is -0.497 e. The zero-order valence-corrected chi connectivity index (χ0v) is 12.7. The largest absolute Gasteiger partial charge is 0.497 e. The molecule has 1 aromatic heterocycles. The van der Waals surface area contributed by atoms with E-state index in [0.29, 0.717) is 22.7 Å². The third-order valence-electron chi connectivity index (χ3n) is 3.84. The van der Waals surface area contributed by atoms with Crippen LogP contribution in [-0.2, 0) is 0 Å². The average molecular weight is 306 g/mol. The fourth-order valence-electron chi connectivity index (χ4n) is 2.68. The molecule has 0 atom stereocenters. The number of nitrogens with one attached hydrogen (secondary N) is 1. The normalized spacial score (nSPS) is 11.2. The second-order valence-electron chi connectivity index (χ2n) is 5.34. The summed E-state index contributed by atoms with van der Waals surface area (Å²) in [6, 6.07) is 9.19. The first-order valence-corrected chi connectivity index (χ1v) is 7.18. The zero-order chi connectivity index (χ0) is 16.0. The highest BCUT2D eigenvalue weighted by molar-refractivity contribution is 5.92. The fraction of sp³-hybridized carbons (Fsp3) is 0.118. The predicted molar refractivity (Wildman–Crippen MR) is 87.4 cm³/mol. The first-order valence-electron chi connectivity index (χ1n) is 7.18. The van der Waals surface area contributed by atoms with Crippen LogP contribution in [0.4, 0.5) is 0 Å². The number of aromatic nitrogens is 4. The molecule has 2 aromatic rings. The Hall–Kier alpha value is -3.15. The highest BCUT2D eigenvalue weighted by Gasteiger charge is 2.19. The lowest BCUT2D eigenvalue weighted by molar-refractivity contribution is 0.414. The first kappa shape index (κ1) is 13.5. The Kier molecular flexibility index (Phi) is 2.90. The Morgan fingerprint density at radius 3 is 2.96 bits per heavy atom. The molecule has 0 amide bonds. The van der Waals surface area contributed by atoms with E-state index in [4.69, 9.17) is 4.74 Å². The summed E-state index contributed by atoms with van der Waals surface area (Å²) in [6.45, 7) is 1.92. The van der Waals surface area contributed by atoms with Crippen LogP contribution in [0.5, 0.6) is 5.75 Å². The number of fused-ring (bicyclic) bond motifs is 3. The van der Waals surface area contributed by atoms with E-state index in [1.165, 1.54) is 4.68 Å². The summed E-state index contributed by atoms with van der Waals surface area (Å²) in [7, 11) is 1.59. The third kappa shape index (κ3) is 2.07. The minimum atomic E-state index is -0.174. The second-order valence-corrected chi connectivity index (χ2v) is 5.34. The van der Waals surface area contributed by atoms with E-state index >= 15 is 0 Å². The van der Waals surface area contributed by atoms with Crippen molar-refractivity contribution in [3.63, 3.8) is 0 Å². The molecule has 23 heavy (non-hydrogen) atoms. The molecule has 0 aliphatic carbocycles. The van der Waals surface area contributed by atoms with Crippen LogP contribution in [0.3, 0.4) is 0 Å². The molecule has 0 bridgehead atoms. The summed E-state index contributed by atoms with van der Waals surface area (Å²) in [5.74, 6) is 0.676. The van der Waals surface area contributed by atoms with Gasteiger partial charge in [0.25, 0.3) is 5.56 Å². The van der Waals surface area contributed by atoms with E-state index in [2.05, 4.69) is 15.1 Å². The molecule has 1 N–H and O–H groups in total. The number of nitrogens with zero attached hydrogens (tertiary/aromatic N) is 3. The number of pyridine rings is 2. The number of H-pyrrole nitrogens is 1. The maximum Gasteiger partial charge on any atom is 0.282 e. The minimum absolute atomic E-state index is 0.174. The van der Waals surface area contributed by atoms with Gasteiger partial charge in [0.05, 0.1) is 23.9 Å². The Morgan fingerprint density at radius 1 is 1.26 bits per heavy atom. The van der Waals surface area contributed by atoms with Crippen molar-refractivity contribution in [2.45, 2.75) is 6.92 Å². The zero-order valence-electron chi connectivity index (χ0n) is 12.7. The quantitative estimate of drug-likeness (QED) is 0.617. The molecule has 3 heterocycles. The molecular formula is C17H14N4O2. The van der Waals surface area contributed by atoms with Crippen molar-refractivity contribution < 1.29 is 4.74 Å². The smallest absolute Gasteiger partial charge is 0.282 e. The number of hydrogen-bond acceptors (Lipinski definition) is 4.